The van der Waals surface area contributed by atoms with E-state index in [1.54, 1.807) is 0 Å². The van der Waals surface area contributed by atoms with Crippen LogP contribution in [0.2, 0.25) is 0 Å². The second kappa shape index (κ2) is 3.58. The van der Waals surface area contributed by atoms with Crippen LogP contribution in [-0.2, 0) is 0 Å². The minimum atomic E-state index is 0.639. The molecule has 0 aromatic rings. The van der Waals surface area contributed by atoms with Crippen LogP contribution in [-0.4, -0.2) is 48.1 Å². The second-order valence-corrected chi connectivity index (χ2v) is 4.49. The van der Waals surface area contributed by atoms with Crippen LogP contribution in [0.25, 0.3) is 0 Å². The predicted molar refractivity (Wildman–Crippen MR) is 55.9 cm³/mol. The molecule has 0 saturated carbocycles. The molecule has 0 radical (unpaired) electrons. The molecule has 0 N–H and O–H groups in total. The Morgan fingerprint density at radius 3 is 1.92 bits per heavy atom. The number of nitrogens with zero attached hydrogens (tertiary/aromatic N) is 2. The molecule has 13 heavy (non-hydrogen) atoms. The summed E-state index contributed by atoms with van der Waals surface area (Å²) < 4.78 is 0. The Kier molecular flexibility index (Phi) is 2.61. The Hall–Kier alpha value is -0.0800. The number of likely N-dealkylation sites (tertiary alicyclic amines) is 2. The van der Waals surface area contributed by atoms with E-state index < -0.39 is 0 Å². The van der Waals surface area contributed by atoms with Crippen LogP contribution in [0.5, 0.6) is 0 Å². The fraction of sp³-hybridized carbons (Fsp3) is 1.00. The summed E-state index contributed by atoms with van der Waals surface area (Å²) in [5, 5.41) is 0. The first-order chi connectivity index (χ1) is 6.30. The third-order valence-corrected chi connectivity index (χ3v) is 4.13. The van der Waals surface area contributed by atoms with Gasteiger partial charge in [-0.1, -0.05) is 13.8 Å². The molecule has 0 atom stereocenters. The maximum absolute atomic E-state index is 2.68. The Labute approximate surface area is 81.9 Å². The van der Waals surface area contributed by atoms with E-state index in [0.29, 0.717) is 5.54 Å². The van der Waals surface area contributed by atoms with Crippen LogP contribution in [0, 0.1) is 0 Å². The highest BCUT2D eigenvalue weighted by Crippen LogP contribution is 2.39. The maximum atomic E-state index is 2.68. The first-order valence-corrected chi connectivity index (χ1v) is 5.78. The van der Waals surface area contributed by atoms with Crippen molar-refractivity contribution in [2.75, 3.05) is 32.7 Å². The summed E-state index contributed by atoms with van der Waals surface area (Å²) in [6.45, 7) is 11.1. The topological polar surface area (TPSA) is 6.48 Å². The average molecular weight is 182 g/mol. The Bertz CT molecular complexity index is 169. The van der Waals surface area contributed by atoms with Gasteiger partial charge in [0.05, 0.1) is 0 Å². The summed E-state index contributed by atoms with van der Waals surface area (Å²) >= 11 is 0. The standard InChI is InChI=1S/C11H22N2/c1-3-12-8-5-11(6-9-12)7-10-13(11)4-2/h3-10H2,1-2H3. The van der Waals surface area contributed by atoms with Crippen LogP contribution >= 0.6 is 0 Å². The molecule has 2 heterocycles. The summed E-state index contributed by atoms with van der Waals surface area (Å²) in [6, 6.07) is 0. The van der Waals surface area contributed by atoms with Gasteiger partial charge in [-0.2, -0.15) is 0 Å². The van der Waals surface area contributed by atoms with E-state index in [2.05, 4.69) is 23.6 Å². The van der Waals surface area contributed by atoms with Crippen LogP contribution in [0.4, 0.5) is 0 Å². The van der Waals surface area contributed by atoms with Crippen molar-refractivity contribution < 1.29 is 0 Å². The van der Waals surface area contributed by atoms with E-state index >= 15 is 0 Å². The summed E-state index contributed by atoms with van der Waals surface area (Å²) in [5.41, 5.74) is 0.639. The highest BCUT2D eigenvalue weighted by atomic mass is 15.3. The fourth-order valence-corrected chi connectivity index (χ4v) is 2.93. The van der Waals surface area contributed by atoms with Gasteiger partial charge in [0.2, 0.25) is 0 Å². The predicted octanol–water partition coefficient (Wildman–Crippen LogP) is 1.57. The average Bonchev–Trinajstić information content (AvgIpc) is 2.17. The monoisotopic (exact) mass is 182 g/mol. The molecule has 0 aromatic carbocycles. The highest BCUT2D eigenvalue weighted by Gasteiger charge is 2.44. The zero-order valence-corrected chi connectivity index (χ0v) is 9.05. The second-order valence-electron chi connectivity index (χ2n) is 4.49. The van der Waals surface area contributed by atoms with Gasteiger partial charge in [0.15, 0.2) is 0 Å². The molecule has 0 amide bonds. The molecule has 2 rings (SSSR count). The number of hydrogen-bond acceptors (Lipinski definition) is 2. The summed E-state index contributed by atoms with van der Waals surface area (Å²) in [6.07, 6.45) is 4.28. The van der Waals surface area contributed by atoms with Crippen LogP contribution in [0.3, 0.4) is 0 Å². The Morgan fingerprint density at radius 2 is 1.54 bits per heavy atom. The molecule has 2 fully saturated rings. The van der Waals surface area contributed by atoms with Gasteiger partial charge in [-0.3, -0.25) is 4.90 Å². The van der Waals surface area contributed by atoms with Crippen molar-refractivity contribution in [3.63, 3.8) is 0 Å². The molecule has 2 nitrogen and oxygen atoms in total. The van der Waals surface area contributed by atoms with E-state index in [1.165, 1.54) is 52.0 Å². The van der Waals surface area contributed by atoms with Crippen molar-refractivity contribution in [2.45, 2.75) is 38.6 Å². The lowest BCUT2D eigenvalue weighted by molar-refractivity contribution is -0.0540. The zero-order chi connectivity index (χ0) is 9.31. The van der Waals surface area contributed by atoms with Gasteiger partial charge in [-0.15, -0.1) is 0 Å². The SMILES string of the molecule is CCN1CCC2(CC1)CCN2CC. The van der Waals surface area contributed by atoms with E-state index in [0.717, 1.165) is 0 Å². The molecule has 2 heteroatoms. The quantitative estimate of drug-likeness (QED) is 0.639. The molecular formula is C11H22N2. The van der Waals surface area contributed by atoms with Crippen molar-refractivity contribution in [3.8, 4) is 0 Å². The minimum Gasteiger partial charge on any atom is -0.303 e. The smallest absolute Gasteiger partial charge is 0.0246 e. The third-order valence-electron chi connectivity index (χ3n) is 4.13. The number of hydrogen-bond donors (Lipinski definition) is 0. The van der Waals surface area contributed by atoms with Gasteiger partial charge >= 0.3 is 0 Å². The van der Waals surface area contributed by atoms with Gasteiger partial charge in [-0.05, 0) is 45.4 Å². The van der Waals surface area contributed by atoms with Crippen molar-refractivity contribution >= 4 is 0 Å². The number of rotatable bonds is 2. The van der Waals surface area contributed by atoms with Crippen molar-refractivity contribution in [1.29, 1.82) is 0 Å². The van der Waals surface area contributed by atoms with Gasteiger partial charge in [0, 0.05) is 12.1 Å². The summed E-state index contributed by atoms with van der Waals surface area (Å²) in [5.74, 6) is 0. The Morgan fingerprint density at radius 1 is 0.923 bits per heavy atom. The summed E-state index contributed by atoms with van der Waals surface area (Å²) in [7, 11) is 0. The normalized spacial score (nSPS) is 29.1. The molecule has 0 bridgehead atoms. The van der Waals surface area contributed by atoms with Crippen LogP contribution in [0.1, 0.15) is 33.1 Å². The first-order valence-electron chi connectivity index (χ1n) is 5.78. The number of piperidine rings is 1. The van der Waals surface area contributed by atoms with Crippen LogP contribution in [0.15, 0.2) is 0 Å². The highest BCUT2D eigenvalue weighted by molar-refractivity contribution is 5.02. The molecule has 0 aliphatic carbocycles. The van der Waals surface area contributed by atoms with Crippen molar-refractivity contribution in [2.24, 2.45) is 0 Å². The molecule has 0 unspecified atom stereocenters. The lowest BCUT2D eigenvalue weighted by Gasteiger charge is -2.56. The van der Waals surface area contributed by atoms with E-state index in [4.69, 9.17) is 0 Å². The molecule has 2 aliphatic rings. The van der Waals surface area contributed by atoms with Gasteiger partial charge in [0.1, 0.15) is 0 Å². The van der Waals surface area contributed by atoms with Crippen molar-refractivity contribution in [1.82, 2.24) is 9.80 Å². The maximum Gasteiger partial charge on any atom is 0.0246 e. The summed E-state index contributed by atoms with van der Waals surface area (Å²) in [4.78, 5) is 5.26. The molecule has 2 saturated heterocycles. The molecule has 2 aliphatic heterocycles. The van der Waals surface area contributed by atoms with E-state index in [-0.39, 0.29) is 0 Å². The third kappa shape index (κ3) is 1.50. The fourth-order valence-electron chi connectivity index (χ4n) is 2.93. The lowest BCUT2D eigenvalue weighted by atomic mass is 9.76. The zero-order valence-electron chi connectivity index (χ0n) is 9.05. The Balaban J connectivity index is 1.89. The molecule has 76 valence electrons. The largest absolute Gasteiger partial charge is 0.303 e. The van der Waals surface area contributed by atoms with Crippen LogP contribution < -0.4 is 0 Å². The van der Waals surface area contributed by atoms with E-state index in [1.807, 2.05) is 0 Å². The molecular weight excluding hydrogens is 160 g/mol. The van der Waals surface area contributed by atoms with Gasteiger partial charge < -0.3 is 4.90 Å². The van der Waals surface area contributed by atoms with Gasteiger partial charge in [-0.25, -0.2) is 0 Å². The molecule has 0 aromatic heterocycles. The van der Waals surface area contributed by atoms with Gasteiger partial charge in [0.25, 0.3) is 0 Å². The molecule has 1 spiro atoms. The van der Waals surface area contributed by atoms with E-state index in [9.17, 15) is 0 Å². The first kappa shape index (κ1) is 9.47. The minimum absolute atomic E-state index is 0.639. The lowest BCUT2D eigenvalue weighted by Crippen LogP contribution is -2.63. The van der Waals surface area contributed by atoms with Crippen molar-refractivity contribution in [3.05, 3.63) is 0 Å².